The Morgan fingerprint density at radius 1 is 0.879 bits per heavy atom. The molecule has 1 fully saturated rings. The van der Waals surface area contributed by atoms with Crippen molar-refractivity contribution < 1.29 is 17.9 Å². The van der Waals surface area contributed by atoms with Gasteiger partial charge in [0.05, 0.1) is 30.9 Å². The summed E-state index contributed by atoms with van der Waals surface area (Å²) in [6, 6.07) is 7.94. The molecular weight excluding hydrogens is 433 g/mol. The van der Waals surface area contributed by atoms with Crippen LogP contribution in [0.5, 0.6) is 0 Å². The van der Waals surface area contributed by atoms with Gasteiger partial charge in [0.25, 0.3) is 0 Å². The summed E-state index contributed by atoms with van der Waals surface area (Å²) in [6.07, 6.45) is 2.95. The number of hydrogen-bond acceptors (Lipinski definition) is 6. The molecule has 7 nitrogen and oxygen atoms in total. The lowest BCUT2D eigenvalue weighted by molar-refractivity contribution is -0.137. The first-order valence-corrected chi connectivity index (χ1v) is 10.6. The van der Waals surface area contributed by atoms with Crippen molar-refractivity contribution in [3.8, 4) is 0 Å². The molecule has 4 aromatic rings. The molecule has 0 unspecified atom stereocenters. The standard InChI is InChI=1S/C23H21F3N6O/c24-23(25,26)17-1-3-27-18(13-17)14-20-29-19(15-22(30-20)32-7-9-33-10-8-32)11-16-2-5-31-6-4-28-21(31)12-16/h1-6,12-13,15H,7-11,14H2. The maximum absolute atomic E-state index is 13.1. The quantitative estimate of drug-likeness (QED) is 0.460. The van der Waals surface area contributed by atoms with E-state index in [2.05, 4.69) is 24.8 Å². The molecule has 0 radical (unpaired) electrons. The molecule has 10 heteroatoms. The van der Waals surface area contributed by atoms with E-state index in [4.69, 9.17) is 4.74 Å². The van der Waals surface area contributed by atoms with Crippen molar-refractivity contribution in [1.29, 1.82) is 0 Å². The Labute approximate surface area is 187 Å². The van der Waals surface area contributed by atoms with Crippen molar-refractivity contribution in [3.63, 3.8) is 0 Å². The van der Waals surface area contributed by atoms with Gasteiger partial charge in [-0.05, 0) is 29.8 Å². The topological polar surface area (TPSA) is 68.4 Å². The van der Waals surface area contributed by atoms with Gasteiger partial charge in [-0.1, -0.05) is 0 Å². The van der Waals surface area contributed by atoms with Crippen LogP contribution in [0.15, 0.2) is 55.1 Å². The van der Waals surface area contributed by atoms with E-state index in [9.17, 15) is 13.2 Å². The number of nitrogens with zero attached hydrogens (tertiary/aromatic N) is 6. The highest BCUT2D eigenvalue weighted by Gasteiger charge is 2.30. The molecule has 33 heavy (non-hydrogen) atoms. The summed E-state index contributed by atoms with van der Waals surface area (Å²) in [5, 5.41) is 0. The molecule has 0 amide bonds. The highest BCUT2D eigenvalue weighted by Crippen LogP contribution is 2.29. The summed E-state index contributed by atoms with van der Waals surface area (Å²) in [4.78, 5) is 19.8. The van der Waals surface area contributed by atoms with Crippen molar-refractivity contribution in [3.05, 3.63) is 83.5 Å². The Morgan fingerprint density at radius 3 is 2.55 bits per heavy atom. The minimum atomic E-state index is -4.43. The van der Waals surface area contributed by atoms with E-state index in [1.165, 1.54) is 6.20 Å². The zero-order chi connectivity index (χ0) is 22.8. The molecule has 0 bridgehead atoms. The average Bonchev–Trinajstić information content (AvgIpc) is 3.27. The normalized spacial score (nSPS) is 14.7. The Morgan fingerprint density at radius 2 is 1.73 bits per heavy atom. The lowest BCUT2D eigenvalue weighted by atomic mass is 10.1. The number of hydrogen-bond donors (Lipinski definition) is 0. The fourth-order valence-electron chi connectivity index (χ4n) is 3.85. The Hall–Kier alpha value is -3.53. The first kappa shape index (κ1) is 21.3. The molecule has 0 spiro atoms. The van der Waals surface area contributed by atoms with Gasteiger partial charge in [0, 0.05) is 56.1 Å². The van der Waals surface area contributed by atoms with Gasteiger partial charge in [-0.3, -0.25) is 4.98 Å². The second kappa shape index (κ2) is 8.78. The fourth-order valence-corrected chi connectivity index (χ4v) is 3.85. The van der Waals surface area contributed by atoms with E-state index in [1.807, 2.05) is 35.0 Å². The van der Waals surface area contributed by atoms with Gasteiger partial charge in [0.2, 0.25) is 0 Å². The Kier molecular flexibility index (Phi) is 5.67. The number of rotatable bonds is 5. The van der Waals surface area contributed by atoms with Crippen LogP contribution in [0.1, 0.15) is 28.3 Å². The summed E-state index contributed by atoms with van der Waals surface area (Å²) in [5.41, 5.74) is 2.19. The van der Waals surface area contributed by atoms with E-state index in [0.29, 0.717) is 38.5 Å². The molecule has 4 aromatic heterocycles. The van der Waals surface area contributed by atoms with Crippen molar-refractivity contribution in [2.45, 2.75) is 19.0 Å². The highest BCUT2D eigenvalue weighted by molar-refractivity contribution is 5.45. The molecule has 0 N–H and O–H groups in total. The number of aromatic nitrogens is 5. The van der Waals surface area contributed by atoms with Crippen molar-refractivity contribution in [2.24, 2.45) is 0 Å². The Bertz CT molecular complexity index is 1270. The second-order valence-corrected chi connectivity index (χ2v) is 7.85. The first-order chi connectivity index (χ1) is 15.9. The molecule has 5 rings (SSSR count). The van der Waals surface area contributed by atoms with Gasteiger partial charge < -0.3 is 14.0 Å². The third-order valence-electron chi connectivity index (χ3n) is 5.48. The summed E-state index contributed by atoms with van der Waals surface area (Å²) in [6.45, 7) is 2.58. The van der Waals surface area contributed by atoms with Crippen LogP contribution >= 0.6 is 0 Å². The molecule has 0 saturated carbocycles. The zero-order valence-corrected chi connectivity index (χ0v) is 17.7. The maximum atomic E-state index is 13.1. The van der Waals surface area contributed by atoms with Crippen LogP contribution in [0.2, 0.25) is 0 Å². The molecule has 1 aliphatic rings. The number of halogens is 3. The fraction of sp³-hybridized carbons (Fsp3) is 0.304. The number of alkyl halides is 3. The molecule has 0 aromatic carbocycles. The molecule has 5 heterocycles. The largest absolute Gasteiger partial charge is 0.416 e. The maximum Gasteiger partial charge on any atom is 0.416 e. The predicted octanol–water partition coefficient (Wildman–Crippen LogP) is 3.56. The number of fused-ring (bicyclic) bond motifs is 1. The molecule has 1 saturated heterocycles. The number of anilines is 1. The minimum Gasteiger partial charge on any atom is -0.378 e. The second-order valence-electron chi connectivity index (χ2n) is 7.85. The van der Waals surface area contributed by atoms with Crippen LogP contribution in [-0.4, -0.2) is 50.6 Å². The van der Waals surface area contributed by atoms with Crippen LogP contribution in [0, 0.1) is 0 Å². The number of morpholine rings is 1. The molecular formula is C23H21F3N6O. The molecule has 1 aliphatic heterocycles. The van der Waals surface area contributed by atoms with Crippen molar-refractivity contribution >= 4 is 11.5 Å². The van der Waals surface area contributed by atoms with Crippen LogP contribution in [-0.2, 0) is 23.8 Å². The van der Waals surface area contributed by atoms with Crippen molar-refractivity contribution in [1.82, 2.24) is 24.3 Å². The SMILES string of the molecule is FC(F)(F)c1ccnc(Cc2nc(Cc3ccn4ccnc4c3)cc(N3CCOCC3)n2)c1. The monoisotopic (exact) mass is 454 g/mol. The van der Waals surface area contributed by atoms with Gasteiger partial charge in [-0.2, -0.15) is 13.2 Å². The number of pyridine rings is 2. The highest BCUT2D eigenvalue weighted by atomic mass is 19.4. The van der Waals surface area contributed by atoms with Crippen LogP contribution in [0.3, 0.4) is 0 Å². The molecule has 0 aliphatic carbocycles. The lowest BCUT2D eigenvalue weighted by Crippen LogP contribution is -2.37. The van der Waals surface area contributed by atoms with E-state index in [0.717, 1.165) is 34.9 Å². The van der Waals surface area contributed by atoms with Crippen molar-refractivity contribution in [2.75, 3.05) is 31.2 Å². The zero-order valence-electron chi connectivity index (χ0n) is 17.7. The Balaban J connectivity index is 1.47. The lowest BCUT2D eigenvalue weighted by Gasteiger charge is -2.28. The molecule has 0 atom stereocenters. The predicted molar refractivity (Wildman–Crippen MR) is 115 cm³/mol. The average molecular weight is 454 g/mol. The van der Waals surface area contributed by atoms with E-state index in [-0.39, 0.29) is 12.1 Å². The summed E-state index contributed by atoms with van der Waals surface area (Å²) in [5.74, 6) is 1.18. The van der Waals surface area contributed by atoms with Gasteiger partial charge >= 0.3 is 6.18 Å². The van der Waals surface area contributed by atoms with Crippen LogP contribution in [0.4, 0.5) is 19.0 Å². The summed E-state index contributed by atoms with van der Waals surface area (Å²) >= 11 is 0. The third-order valence-corrected chi connectivity index (χ3v) is 5.48. The number of ether oxygens (including phenoxy) is 1. The van der Waals surface area contributed by atoms with E-state index < -0.39 is 11.7 Å². The van der Waals surface area contributed by atoms with E-state index >= 15 is 0 Å². The molecule has 170 valence electrons. The summed E-state index contributed by atoms with van der Waals surface area (Å²) in [7, 11) is 0. The smallest absolute Gasteiger partial charge is 0.378 e. The van der Waals surface area contributed by atoms with Gasteiger partial charge in [-0.25, -0.2) is 15.0 Å². The van der Waals surface area contributed by atoms with E-state index in [1.54, 1.807) is 6.20 Å². The first-order valence-electron chi connectivity index (χ1n) is 10.6. The minimum absolute atomic E-state index is 0.106. The van der Waals surface area contributed by atoms with Gasteiger partial charge in [0.15, 0.2) is 0 Å². The van der Waals surface area contributed by atoms with Crippen LogP contribution in [0.25, 0.3) is 5.65 Å². The van der Waals surface area contributed by atoms with Crippen LogP contribution < -0.4 is 4.90 Å². The van der Waals surface area contributed by atoms with Gasteiger partial charge in [0.1, 0.15) is 17.3 Å². The third kappa shape index (κ3) is 4.95. The van der Waals surface area contributed by atoms with Gasteiger partial charge in [-0.15, -0.1) is 0 Å². The summed E-state index contributed by atoms with van der Waals surface area (Å²) < 4.78 is 46.7. The number of imidazole rings is 1.